The molecule has 0 unspecified atom stereocenters. The number of anilines is 2. The molecule has 0 saturated heterocycles. The molecule has 1 heterocycles. The van der Waals surface area contributed by atoms with Gasteiger partial charge in [-0.3, -0.25) is 5.32 Å². The van der Waals surface area contributed by atoms with Crippen molar-refractivity contribution in [3.05, 3.63) is 36.0 Å². The number of urea groups is 1. The molecule has 2 rings (SSSR count). The molecule has 1 aromatic carbocycles. The Balaban J connectivity index is 2.06. The zero-order valence-electron chi connectivity index (χ0n) is 8.28. The maximum absolute atomic E-state index is 13.2. The molecule has 2 aromatic rings. The summed E-state index contributed by atoms with van der Waals surface area (Å²) < 4.78 is 29.6. The van der Waals surface area contributed by atoms with Crippen LogP contribution in [-0.4, -0.2) is 15.6 Å². The molecule has 8 heteroatoms. The molecule has 17 heavy (non-hydrogen) atoms. The minimum absolute atomic E-state index is 0.236. The van der Waals surface area contributed by atoms with E-state index in [2.05, 4.69) is 20.2 Å². The number of benzene rings is 1. The largest absolute Gasteiger partial charge is 0.324 e. The van der Waals surface area contributed by atoms with Gasteiger partial charge in [0.05, 0.1) is 11.9 Å². The van der Waals surface area contributed by atoms with Gasteiger partial charge in [-0.05, 0) is 12.1 Å². The van der Waals surface area contributed by atoms with Gasteiger partial charge in [-0.2, -0.15) is 0 Å². The van der Waals surface area contributed by atoms with Crippen LogP contribution < -0.4 is 10.6 Å². The first-order chi connectivity index (χ1) is 8.16. The molecular formula is C9H6F2N4OS. The average Bonchev–Trinajstić information content (AvgIpc) is 2.77. The Morgan fingerprint density at radius 1 is 1.29 bits per heavy atom. The summed E-state index contributed by atoms with van der Waals surface area (Å²) in [6.07, 6.45) is 1.34. The third-order valence-corrected chi connectivity index (χ3v) is 2.38. The second-order valence-electron chi connectivity index (χ2n) is 2.96. The molecule has 0 atom stereocenters. The Labute approximate surface area is 98.6 Å². The highest BCUT2D eigenvalue weighted by Gasteiger charge is 2.11. The molecule has 0 fully saturated rings. The second kappa shape index (κ2) is 4.83. The van der Waals surface area contributed by atoms with Crippen LogP contribution in [0.1, 0.15) is 0 Å². The quantitative estimate of drug-likeness (QED) is 0.867. The lowest BCUT2D eigenvalue weighted by Crippen LogP contribution is -2.19. The molecule has 0 saturated carbocycles. The molecule has 0 aliphatic carbocycles. The van der Waals surface area contributed by atoms with Crippen LogP contribution >= 0.6 is 11.5 Å². The van der Waals surface area contributed by atoms with E-state index >= 15 is 0 Å². The van der Waals surface area contributed by atoms with Gasteiger partial charge in [-0.1, -0.05) is 10.6 Å². The number of aromatic nitrogens is 2. The lowest BCUT2D eigenvalue weighted by Gasteiger charge is -2.06. The van der Waals surface area contributed by atoms with E-state index in [1.54, 1.807) is 0 Å². The topological polar surface area (TPSA) is 66.9 Å². The Morgan fingerprint density at radius 3 is 2.82 bits per heavy atom. The van der Waals surface area contributed by atoms with E-state index in [0.29, 0.717) is 5.00 Å². The fourth-order valence-electron chi connectivity index (χ4n) is 1.09. The van der Waals surface area contributed by atoms with Crippen LogP contribution in [0.15, 0.2) is 24.4 Å². The highest BCUT2D eigenvalue weighted by molar-refractivity contribution is 7.10. The summed E-state index contributed by atoms with van der Waals surface area (Å²) >= 11 is 0.968. The Morgan fingerprint density at radius 2 is 2.12 bits per heavy atom. The van der Waals surface area contributed by atoms with Gasteiger partial charge < -0.3 is 5.32 Å². The van der Waals surface area contributed by atoms with Crippen LogP contribution in [0.25, 0.3) is 0 Å². The molecule has 0 aliphatic heterocycles. The molecule has 0 radical (unpaired) electrons. The van der Waals surface area contributed by atoms with Gasteiger partial charge in [0.1, 0.15) is 5.00 Å². The van der Waals surface area contributed by atoms with E-state index in [-0.39, 0.29) is 5.69 Å². The number of carbonyl (C=O) groups excluding carboxylic acids is 1. The van der Waals surface area contributed by atoms with E-state index in [9.17, 15) is 13.6 Å². The van der Waals surface area contributed by atoms with Gasteiger partial charge >= 0.3 is 6.03 Å². The van der Waals surface area contributed by atoms with Crippen molar-refractivity contribution < 1.29 is 13.6 Å². The minimum atomic E-state index is -1.11. The molecule has 2 amide bonds. The first-order valence-electron chi connectivity index (χ1n) is 4.46. The predicted molar refractivity (Wildman–Crippen MR) is 58.9 cm³/mol. The van der Waals surface area contributed by atoms with Crippen LogP contribution in [-0.2, 0) is 0 Å². The normalized spacial score (nSPS) is 10.0. The van der Waals surface area contributed by atoms with E-state index < -0.39 is 17.7 Å². The van der Waals surface area contributed by atoms with Crippen molar-refractivity contribution in [1.29, 1.82) is 0 Å². The lowest BCUT2D eigenvalue weighted by molar-refractivity contribution is 0.262. The molecular weight excluding hydrogens is 250 g/mol. The number of nitrogens with one attached hydrogen (secondary N) is 2. The SMILES string of the molecule is O=C(Nc1cnns1)Nc1cccc(F)c1F. The summed E-state index contributed by atoms with van der Waals surface area (Å²) in [6.45, 7) is 0. The van der Waals surface area contributed by atoms with Crippen LogP contribution in [0, 0.1) is 11.6 Å². The van der Waals surface area contributed by atoms with Crippen LogP contribution in [0.5, 0.6) is 0 Å². The van der Waals surface area contributed by atoms with Gasteiger partial charge in [0.15, 0.2) is 11.6 Å². The van der Waals surface area contributed by atoms with Crippen molar-refractivity contribution in [3.8, 4) is 0 Å². The minimum Gasteiger partial charge on any atom is -0.305 e. The van der Waals surface area contributed by atoms with Crippen molar-refractivity contribution in [3.63, 3.8) is 0 Å². The summed E-state index contributed by atoms with van der Waals surface area (Å²) in [6, 6.07) is 2.82. The third kappa shape index (κ3) is 2.72. The summed E-state index contributed by atoms with van der Waals surface area (Å²) in [4.78, 5) is 11.4. The maximum Gasteiger partial charge on any atom is 0.324 e. The van der Waals surface area contributed by atoms with Crippen LogP contribution in [0.4, 0.5) is 24.3 Å². The molecule has 5 nitrogen and oxygen atoms in total. The van der Waals surface area contributed by atoms with Gasteiger partial charge in [0.25, 0.3) is 0 Å². The van der Waals surface area contributed by atoms with Crippen molar-refractivity contribution in [2.24, 2.45) is 0 Å². The third-order valence-electron chi connectivity index (χ3n) is 1.80. The summed E-state index contributed by atoms with van der Waals surface area (Å²) in [5, 5.41) is 8.45. The monoisotopic (exact) mass is 256 g/mol. The molecule has 88 valence electrons. The number of hydrogen-bond donors (Lipinski definition) is 2. The Kier molecular flexibility index (Phi) is 3.24. The molecule has 0 aliphatic rings. The molecule has 1 aromatic heterocycles. The highest BCUT2D eigenvalue weighted by atomic mass is 32.1. The van der Waals surface area contributed by atoms with Gasteiger partial charge in [-0.25, -0.2) is 13.6 Å². The number of carbonyl (C=O) groups is 1. The standard InChI is InChI=1S/C9H6F2N4OS/c10-5-2-1-3-6(8(5)11)13-9(16)14-7-4-12-15-17-7/h1-4H,(H2,13,14,16). The number of hydrogen-bond acceptors (Lipinski definition) is 4. The number of amides is 2. The summed E-state index contributed by atoms with van der Waals surface area (Å²) in [5.41, 5.74) is -0.236. The Hall–Kier alpha value is -2.09. The number of halogens is 2. The number of nitrogens with zero attached hydrogens (tertiary/aromatic N) is 2. The van der Waals surface area contributed by atoms with Crippen LogP contribution in [0.3, 0.4) is 0 Å². The van der Waals surface area contributed by atoms with Gasteiger partial charge in [0.2, 0.25) is 0 Å². The van der Waals surface area contributed by atoms with Gasteiger partial charge in [-0.15, -0.1) is 5.10 Å². The van der Waals surface area contributed by atoms with Crippen LogP contribution in [0.2, 0.25) is 0 Å². The zero-order chi connectivity index (χ0) is 12.3. The molecule has 0 spiro atoms. The van der Waals surface area contributed by atoms with E-state index in [0.717, 1.165) is 17.6 Å². The summed E-state index contributed by atoms with van der Waals surface area (Å²) in [5.74, 6) is -2.13. The highest BCUT2D eigenvalue weighted by Crippen LogP contribution is 2.17. The smallest absolute Gasteiger partial charge is 0.305 e. The maximum atomic E-state index is 13.2. The summed E-state index contributed by atoms with van der Waals surface area (Å²) in [7, 11) is 0. The van der Waals surface area contributed by atoms with E-state index in [4.69, 9.17) is 0 Å². The van der Waals surface area contributed by atoms with Crippen molar-refractivity contribution in [1.82, 2.24) is 9.59 Å². The van der Waals surface area contributed by atoms with E-state index in [1.165, 1.54) is 18.3 Å². The Bertz CT molecular complexity index is 532. The average molecular weight is 256 g/mol. The first kappa shape index (κ1) is 11.4. The lowest BCUT2D eigenvalue weighted by atomic mass is 10.3. The van der Waals surface area contributed by atoms with Crippen molar-refractivity contribution >= 4 is 28.3 Å². The van der Waals surface area contributed by atoms with Crippen molar-refractivity contribution in [2.75, 3.05) is 10.6 Å². The molecule has 2 N–H and O–H groups in total. The second-order valence-corrected chi connectivity index (χ2v) is 3.75. The fourth-order valence-corrected chi connectivity index (χ4v) is 1.50. The van der Waals surface area contributed by atoms with Gasteiger partial charge in [0, 0.05) is 11.5 Å². The number of rotatable bonds is 2. The van der Waals surface area contributed by atoms with Crippen molar-refractivity contribution in [2.45, 2.75) is 0 Å². The predicted octanol–water partition coefficient (Wildman–Crippen LogP) is 2.46. The molecule has 0 bridgehead atoms. The fraction of sp³-hybridized carbons (Fsp3) is 0. The zero-order valence-corrected chi connectivity index (χ0v) is 9.09. The first-order valence-corrected chi connectivity index (χ1v) is 5.23. The van der Waals surface area contributed by atoms with E-state index in [1.807, 2.05) is 0 Å².